The predicted octanol–water partition coefficient (Wildman–Crippen LogP) is 4.11. The normalized spacial score (nSPS) is 11.7. The quantitative estimate of drug-likeness (QED) is 0.305. The summed E-state index contributed by atoms with van der Waals surface area (Å²) in [4.78, 5) is 10.9. The number of rotatable bonds is 7. The smallest absolute Gasteiger partial charge is 0.314 e. The van der Waals surface area contributed by atoms with E-state index in [0.29, 0.717) is 18.8 Å². The maximum absolute atomic E-state index is 11.3. The van der Waals surface area contributed by atoms with E-state index in [-0.39, 0.29) is 5.69 Å². The molecule has 0 bridgehead atoms. The summed E-state index contributed by atoms with van der Waals surface area (Å²) >= 11 is 3.40. The van der Waals surface area contributed by atoms with Gasteiger partial charge in [0.05, 0.1) is 26.1 Å². The Hall–Kier alpha value is -1.51. The van der Waals surface area contributed by atoms with Gasteiger partial charge >= 0.3 is 5.69 Å². The monoisotopic (exact) mass is 397 g/mol. The van der Waals surface area contributed by atoms with Crippen molar-refractivity contribution in [1.82, 2.24) is 9.78 Å². The van der Waals surface area contributed by atoms with Crippen LogP contribution in [0.1, 0.15) is 0 Å². The lowest BCUT2D eigenvalue weighted by atomic mass is 10.1. The van der Waals surface area contributed by atoms with Crippen LogP contribution < -0.4 is 0 Å². The lowest BCUT2D eigenvalue weighted by molar-refractivity contribution is -0.384. The largest absolute Gasteiger partial charge is 0.383 e. The molecule has 23 heavy (non-hydrogen) atoms. The Kier molecular flexibility index (Phi) is 5.72. The van der Waals surface area contributed by atoms with Gasteiger partial charge in [0, 0.05) is 16.3 Å². The van der Waals surface area contributed by atoms with Crippen molar-refractivity contribution >= 4 is 29.7 Å². The van der Waals surface area contributed by atoms with Crippen LogP contribution in [0, 0.1) is 10.1 Å². The first-order valence-electron chi connectivity index (χ1n) is 7.32. The molecule has 1 heterocycles. The van der Waals surface area contributed by atoms with Crippen LogP contribution in [0.2, 0.25) is 19.6 Å². The zero-order chi connectivity index (χ0) is 17.0. The van der Waals surface area contributed by atoms with Gasteiger partial charge in [-0.15, -0.1) is 0 Å². The van der Waals surface area contributed by atoms with Crippen LogP contribution >= 0.6 is 15.9 Å². The lowest BCUT2D eigenvalue weighted by Gasteiger charge is -2.16. The molecule has 0 aliphatic heterocycles. The van der Waals surface area contributed by atoms with Crippen molar-refractivity contribution in [3.05, 3.63) is 45.0 Å². The maximum atomic E-state index is 11.3. The Labute approximate surface area is 144 Å². The van der Waals surface area contributed by atoms with Crippen molar-refractivity contribution in [2.24, 2.45) is 0 Å². The molecule has 0 saturated heterocycles. The Morgan fingerprint density at radius 2 is 2.13 bits per heavy atom. The SMILES string of the molecule is C[Si](C)(C)COCCn1ncc([N+](=O)[O-])c1-c1cccc(Br)c1. The first-order valence-corrected chi connectivity index (χ1v) is 11.8. The minimum Gasteiger partial charge on any atom is -0.383 e. The fourth-order valence-corrected chi connectivity index (χ4v) is 3.30. The fraction of sp³-hybridized carbons (Fsp3) is 0.400. The van der Waals surface area contributed by atoms with Crippen molar-refractivity contribution in [3.8, 4) is 11.3 Å². The highest BCUT2D eigenvalue weighted by Crippen LogP contribution is 2.31. The number of ether oxygens (including phenoxy) is 1. The van der Waals surface area contributed by atoms with Gasteiger partial charge in [0.1, 0.15) is 11.9 Å². The molecule has 0 aliphatic rings. The molecule has 2 aromatic rings. The first kappa shape index (κ1) is 17.8. The van der Waals surface area contributed by atoms with Crippen molar-refractivity contribution in [1.29, 1.82) is 0 Å². The molecular weight excluding hydrogens is 378 g/mol. The summed E-state index contributed by atoms with van der Waals surface area (Å²) in [5, 5.41) is 15.4. The topological polar surface area (TPSA) is 70.2 Å². The summed E-state index contributed by atoms with van der Waals surface area (Å²) in [6.07, 6.45) is 2.07. The van der Waals surface area contributed by atoms with Crippen LogP contribution in [0.4, 0.5) is 5.69 Å². The third-order valence-electron chi connectivity index (χ3n) is 3.10. The number of aromatic nitrogens is 2. The minimum atomic E-state index is -1.26. The zero-order valence-electron chi connectivity index (χ0n) is 13.5. The van der Waals surface area contributed by atoms with Gasteiger partial charge in [-0.1, -0.05) is 47.7 Å². The zero-order valence-corrected chi connectivity index (χ0v) is 16.0. The summed E-state index contributed by atoms with van der Waals surface area (Å²) < 4.78 is 8.22. The van der Waals surface area contributed by atoms with Gasteiger partial charge < -0.3 is 4.74 Å². The number of benzene rings is 1. The van der Waals surface area contributed by atoms with Crippen LogP contribution in [0.5, 0.6) is 0 Å². The van der Waals surface area contributed by atoms with Gasteiger partial charge in [-0.25, -0.2) is 0 Å². The number of halogens is 1. The van der Waals surface area contributed by atoms with Crippen LogP contribution in [-0.4, -0.2) is 35.6 Å². The van der Waals surface area contributed by atoms with E-state index < -0.39 is 13.0 Å². The highest BCUT2D eigenvalue weighted by molar-refractivity contribution is 9.10. The number of nitro groups is 1. The van der Waals surface area contributed by atoms with Crippen LogP contribution in [-0.2, 0) is 11.3 Å². The van der Waals surface area contributed by atoms with Gasteiger partial charge in [-0.3, -0.25) is 14.8 Å². The van der Waals surface area contributed by atoms with Crippen molar-refractivity contribution in [3.63, 3.8) is 0 Å². The number of hydrogen-bond donors (Lipinski definition) is 0. The van der Waals surface area contributed by atoms with Crippen molar-refractivity contribution in [2.75, 3.05) is 12.8 Å². The number of nitrogens with zero attached hydrogens (tertiary/aromatic N) is 3. The molecule has 0 N–H and O–H groups in total. The van der Waals surface area contributed by atoms with Crippen LogP contribution in [0.15, 0.2) is 34.9 Å². The molecule has 6 nitrogen and oxygen atoms in total. The molecule has 8 heteroatoms. The van der Waals surface area contributed by atoms with Crippen LogP contribution in [0.25, 0.3) is 11.3 Å². The van der Waals surface area contributed by atoms with Gasteiger partial charge in [0.15, 0.2) is 0 Å². The second-order valence-electron chi connectivity index (χ2n) is 6.48. The standard InChI is InChI=1S/C15H20BrN3O3Si/c1-23(2,3)11-22-8-7-18-15(14(10-17-18)19(20)21)12-5-4-6-13(16)9-12/h4-6,9-10H,7-8,11H2,1-3H3. The Balaban J connectivity index is 2.22. The Morgan fingerprint density at radius 1 is 1.39 bits per heavy atom. The molecular formula is C15H20BrN3O3Si. The highest BCUT2D eigenvalue weighted by atomic mass is 79.9. The fourth-order valence-electron chi connectivity index (χ4n) is 2.14. The van der Waals surface area contributed by atoms with E-state index in [1.54, 1.807) is 4.68 Å². The van der Waals surface area contributed by atoms with E-state index in [4.69, 9.17) is 4.74 Å². The summed E-state index contributed by atoms with van der Waals surface area (Å²) in [7, 11) is -1.26. The van der Waals surface area contributed by atoms with Gasteiger partial charge in [-0.2, -0.15) is 5.10 Å². The Morgan fingerprint density at radius 3 is 2.74 bits per heavy atom. The summed E-state index contributed by atoms with van der Waals surface area (Å²) in [5.74, 6) is 0. The molecule has 0 saturated carbocycles. The number of hydrogen-bond acceptors (Lipinski definition) is 4. The molecule has 0 spiro atoms. The third kappa shape index (κ3) is 4.98. The molecule has 2 rings (SSSR count). The van der Waals surface area contributed by atoms with E-state index in [2.05, 4.69) is 40.7 Å². The van der Waals surface area contributed by atoms with Gasteiger partial charge in [-0.05, 0) is 12.1 Å². The average molecular weight is 398 g/mol. The molecule has 0 atom stereocenters. The van der Waals surface area contributed by atoms with Crippen molar-refractivity contribution < 1.29 is 9.66 Å². The lowest BCUT2D eigenvalue weighted by Crippen LogP contribution is -2.29. The molecule has 1 aromatic carbocycles. The minimum absolute atomic E-state index is 0.00768. The summed E-state index contributed by atoms with van der Waals surface area (Å²) in [5.41, 5.74) is 1.27. The van der Waals surface area contributed by atoms with Gasteiger partial charge in [0.2, 0.25) is 0 Å². The maximum Gasteiger partial charge on any atom is 0.314 e. The molecule has 0 aliphatic carbocycles. The molecule has 1 aromatic heterocycles. The summed E-state index contributed by atoms with van der Waals surface area (Å²) in [6.45, 7) is 7.68. The second kappa shape index (κ2) is 7.37. The first-order chi connectivity index (χ1) is 10.8. The third-order valence-corrected chi connectivity index (χ3v) is 4.66. The average Bonchev–Trinajstić information content (AvgIpc) is 2.86. The second-order valence-corrected chi connectivity index (χ2v) is 12.8. The van der Waals surface area contributed by atoms with Gasteiger partial charge in [0.25, 0.3) is 0 Å². The molecule has 0 amide bonds. The predicted molar refractivity (Wildman–Crippen MR) is 96.2 cm³/mol. The molecule has 0 unspecified atom stereocenters. The Bertz CT molecular complexity index is 698. The van der Waals surface area contributed by atoms with E-state index in [9.17, 15) is 10.1 Å². The van der Waals surface area contributed by atoms with E-state index in [1.165, 1.54) is 6.20 Å². The molecule has 124 valence electrons. The highest BCUT2D eigenvalue weighted by Gasteiger charge is 2.22. The van der Waals surface area contributed by atoms with E-state index in [1.807, 2.05) is 24.3 Å². The molecule has 0 fully saturated rings. The van der Waals surface area contributed by atoms with E-state index in [0.717, 1.165) is 16.3 Å². The molecule has 0 radical (unpaired) electrons. The van der Waals surface area contributed by atoms with Crippen molar-refractivity contribution in [2.45, 2.75) is 26.2 Å². The summed E-state index contributed by atoms with van der Waals surface area (Å²) in [6, 6.07) is 7.42. The van der Waals surface area contributed by atoms with E-state index >= 15 is 0 Å². The van der Waals surface area contributed by atoms with Crippen LogP contribution in [0.3, 0.4) is 0 Å².